The molecule has 2 nitrogen and oxygen atoms in total. The quantitative estimate of drug-likeness (QED) is 0.777. The van der Waals surface area contributed by atoms with Gasteiger partial charge < -0.3 is 5.32 Å². The molecular weight excluding hydrogens is 196 g/mol. The van der Waals surface area contributed by atoms with Crippen LogP contribution in [0.5, 0.6) is 0 Å². The first-order valence-electron chi connectivity index (χ1n) is 6.19. The summed E-state index contributed by atoms with van der Waals surface area (Å²) in [5.74, 6) is 0.876. The molecule has 1 aromatic heterocycles. The lowest BCUT2D eigenvalue weighted by Gasteiger charge is -2.24. The van der Waals surface area contributed by atoms with Gasteiger partial charge in [-0.1, -0.05) is 6.08 Å². The van der Waals surface area contributed by atoms with E-state index in [-0.39, 0.29) is 0 Å². The smallest absolute Gasteiger partial charge is 0.0343 e. The predicted octanol–water partition coefficient (Wildman–Crippen LogP) is 2.55. The van der Waals surface area contributed by atoms with Crippen molar-refractivity contribution >= 4 is 5.57 Å². The number of hydrogen-bond donors (Lipinski definition) is 1. The normalized spacial score (nSPS) is 28.7. The van der Waals surface area contributed by atoms with Gasteiger partial charge in [0.15, 0.2) is 0 Å². The SMILES string of the molecule is Cc1cncc(C2=C[C@H]3NCC[C@H]3CC2)c1. The van der Waals surface area contributed by atoms with Gasteiger partial charge in [0.1, 0.15) is 0 Å². The van der Waals surface area contributed by atoms with Gasteiger partial charge in [0, 0.05) is 18.4 Å². The van der Waals surface area contributed by atoms with E-state index in [0.717, 1.165) is 5.92 Å². The van der Waals surface area contributed by atoms with E-state index in [0.29, 0.717) is 6.04 Å². The molecule has 0 amide bonds. The van der Waals surface area contributed by atoms with Crippen molar-refractivity contribution in [1.82, 2.24) is 10.3 Å². The van der Waals surface area contributed by atoms with Gasteiger partial charge in [-0.25, -0.2) is 0 Å². The van der Waals surface area contributed by atoms with Gasteiger partial charge in [0.2, 0.25) is 0 Å². The molecule has 1 fully saturated rings. The first kappa shape index (κ1) is 10.0. The van der Waals surface area contributed by atoms with E-state index in [2.05, 4.69) is 29.4 Å². The lowest BCUT2D eigenvalue weighted by atomic mass is 9.84. The summed E-state index contributed by atoms with van der Waals surface area (Å²) in [4.78, 5) is 4.28. The molecule has 1 aromatic rings. The van der Waals surface area contributed by atoms with Crippen molar-refractivity contribution in [1.29, 1.82) is 0 Å². The number of rotatable bonds is 1. The first-order valence-corrected chi connectivity index (χ1v) is 6.19. The van der Waals surface area contributed by atoms with Crippen LogP contribution >= 0.6 is 0 Å². The maximum Gasteiger partial charge on any atom is 0.0343 e. The van der Waals surface area contributed by atoms with Crippen LogP contribution in [-0.4, -0.2) is 17.6 Å². The number of pyridine rings is 1. The second kappa shape index (κ2) is 4.02. The molecule has 2 heteroatoms. The largest absolute Gasteiger partial charge is 0.310 e. The molecule has 16 heavy (non-hydrogen) atoms. The third kappa shape index (κ3) is 1.78. The molecule has 0 spiro atoms. The third-order valence-corrected chi connectivity index (χ3v) is 3.81. The van der Waals surface area contributed by atoms with Gasteiger partial charge >= 0.3 is 0 Å². The summed E-state index contributed by atoms with van der Waals surface area (Å²) in [5.41, 5.74) is 4.04. The van der Waals surface area contributed by atoms with Gasteiger partial charge in [-0.15, -0.1) is 0 Å². The van der Waals surface area contributed by atoms with Crippen LogP contribution in [0, 0.1) is 12.8 Å². The van der Waals surface area contributed by atoms with Crippen LogP contribution < -0.4 is 5.32 Å². The molecule has 2 heterocycles. The van der Waals surface area contributed by atoms with Crippen molar-refractivity contribution in [3.63, 3.8) is 0 Å². The summed E-state index contributed by atoms with van der Waals surface area (Å²) in [6.07, 6.45) is 10.2. The van der Waals surface area contributed by atoms with Crippen molar-refractivity contribution in [2.75, 3.05) is 6.54 Å². The maximum atomic E-state index is 4.28. The topological polar surface area (TPSA) is 24.9 Å². The minimum atomic E-state index is 0.615. The summed E-state index contributed by atoms with van der Waals surface area (Å²) in [5, 5.41) is 3.58. The van der Waals surface area contributed by atoms with E-state index >= 15 is 0 Å². The second-order valence-corrected chi connectivity index (χ2v) is 5.01. The Labute approximate surface area is 96.8 Å². The van der Waals surface area contributed by atoms with Crippen molar-refractivity contribution < 1.29 is 0 Å². The molecule has 1 aliphatic heterocycles. The molecular formula is C14H18N2. The molecule has 3 rings (SSSR count). The van der Waals surface area contributed by atoms with Gasteiger partial charge in [0.25, 0.3) is 0 Å². The molecule has 0 radical (unpaired) electrons. The number of hydrogen-bond acceptors (Lipinski definition) is 2. The fourth-order valence-corrected chi connectivity index (χ4v) is 2.91. The summed E-state index contributed by atoms with van der Waals surface area (Å²) >= 11 is 0. The van der Waals surface area contributed by atoms with E-state index in [1.165, 1.54) is 42.5 Å². The van der Waals surface area contributed by atoms with E-state index < -0.39 is 0 Å². The van der Waals surface area contributed by atoms with E-state index in [4.69, 9.17) is 0 Å². The van der Waals surface area contributed by atoms with Crippen molar-refractivity contribution in [3.05, 3.63) is 35.7 Å². The molecule has 84 valence electrons. The predicted molar refractivity (Wildman–Crippen MR) is 66.1 cm³/mol. The van der Waals surface area contributed by atoms with Crippen LogP contribution in [0.25, 0.3) is 5.57 Å². The highest BCUT2D eigenvalue weighted by Crippen LogP contribution is 2.34. The zero-order chi connectivity index (χ0) is 11.0. The Bertz CT molecular complexity index is 422. The van der Waals surface area contributed by atoms with Gasteiger partial charge in [-0.2, -0.15) is 0 Å². The zero-order valence-corrected chi connectivity index (χ0v) is 9.74. The second-order valence-electron chi connectivity index (χ2n) is 5.01. The Morgan fingerprint density at radius 3 is 3.12 bits per heavy atom. The van der Waals surface area contributed by atoms with Crippen LogP contribution in [0.4, 0.5) is 0 Å². The number of nitrogens with one attached hydrogen (secondary N) is 1. The Hall–Kier alpha value is -1.15. The Balaban J connectivity index is 1.90. The molecule has 1 N–H and O–H groups in total. The lowest BCUT2D eigenvalue weighted by Crippen LogP contribution is -2.27. The molecule has 0 aromatic carbocycles. The number of aromatic nitrogens is 1. The van der Waals surface area contributed by atoms with Crippen LogP contribution in [0.2, 0.25) is 0 Å². The highest BCUT2D eigenvalue weighted by molar-refractivity contribution is 5.67. The zero-order valence-electron chi connectivity index (χ0n) is 9.74. The lowest BCUT2D eigenvalue weighted by molar-refractivity contribution is 0.465. The van der Waals surface area contributed by atoms with Crippen LogP contribution in [0.15, 0.2) is 24.5 Å². The molecule has 2 atom stereocenters. The van der Waals surface area contributed by atoms with Gasteiger partial charge in [-0.05, 0) is 61.4 Å². The Kier molecular flexibility index (Phi) is 2.52. The van der Waals surface area contributed by atoms with E-state index in [1.54, 1.807) is 0 Å². The van der Waals surface area contributed by atoms with Gasteiger partial charge in [0.05, 0.1) is 0 Å². The molecule has 0 unspecified atom stereocenters. The maximum absolute atomic E-state index is 4.28. The fourth-order valence-electron chi connectivity index (χ4n) is 2.91. The standard InChI is InChI=1S/C14H18N2/c1-10-6-13(9-15-8-10)12-3-2-11-4-5-16-14(11)7-12/h6-9,11,14,16H,2-5H2,1H3/t11-,14-/m1/s1. The minimum Gasteiger partial charge on any atom is -0.310 e. The third-order valence-electron chi connectivity index (χ3n) is 3.81. The molecule has 1 aliphatic carbocycles. The number of nitrogens with zero attached hydrogens (tertiary/aromatic N) is 1. The summed E-state index contributed by atoms with van der Waals surface area (Å²) in [7, 11) is 0. The van der Waals surface area contributed by atoms with E-state index in [1.807, 2.05) is 12.4 Å². The Morgan fingerprint density at radius 1 is 1.31 bits per heavy atom. The average molecular weight is 214 g/mol. The number of aryl methyl sites for hydroxylation is 1. The van der Waals surface area contributed by atoms with Crippen molar-refractivity contribution in [2.45, 2.75) is 32.2 Å². The number of fused-ring (bicyclic) bond motifs is 1. The monoisotopic (exact) mass is 214 g/mol. The highest BCUT2D eigenvalue weighted by Gasteiger charge is 2.28. The van der Waals surface area contributed by atoms with E-state index in [9.17, 15) is 0 Å². The van der Waals surface area contributed by atoms with Crippen LogP contribution in [0.3, 0.4) is 0 Å². The Morgan fingerprint density at radius 2 is 2.25 bits per heavy atom. The molecule has 1 saturated heterocycles. The minimum absolute atomic E-state index is 0.615. The van der Waals surface area contributed by atoms with Crippen LogP contribution in [-0.2, 0) is 0 Å². The van der Waals surface area contributed by atoms with Crippen molar-refractivity contribution in [2.24, 2.45) is 5.92 Å². The van der Waals surface area contributed by atoms with Crippen molar-refractivity contribution in [3.8, 4) is 0 Å². The summed E-state index contributed by atoms with van der Waals surface area (Å²) in [6.45, 7) is 3.29. The van der Waals surface area contributed by atoms with Crippen LogP contribution in [0.1, 0.15) is 30.4 Å². The summed E-state index contributed by atoms with van der Waals surface area (Å²) < 4.78 is 0. The first-order chi connectivity index (χ1) is 7.83. The highest BCUT2D eigenvalue weighted by atomic mass is 14.9. The molecule has 0 saturated carbocycles. The molecule has 0 bridgehead atoms. The average Bonchev–Trinajstić information content (AvgIpc) is 2.75. The molecule has 2 aliphatic rings. The van der Waals surface area contributed by atoms with Gasteiger partial charge in [-0.3, -0.25) is 4.98 Å². The fraction of sp³-hybridized carbons (Fsp3) is 0.500. The summed E-state index contributed by atoms with van der Waals surface area (Å²) in [6, 6.07) is 2.86. The number of allylic oxidation sites excluding steroid dienone is 1.